The number of hydrogen-bond donors (Lipinski definition) is 0. The summed E-state index contributed by atoms with van der Waals surface area (Å²) in [6.07, 6.45) is 1.85. The number of aromatic nitrogens is 2. The highest BCUT2D eigenvalue weighted by molar-refractivity contribution is 7.91. The minimum Gasteiger partial charge on any atom is -0.337 e. The van der Waals surface area contributed by atoms with Gasteiger partial charge < -0.3 is 4.90 Å². The van der Waals surface area contributed by atoms with Crippen LogP contribution in [0, 0.1) is 12.8 Å². The second-order valence-electron chi connectivity index (χ2n) is 8.87. The lowest BCUT2D eigenvalue weighted by Gasteiger charge is -2.30. The van der Waals surface area contributed by atoms with Crippen LogP contribution in [0.25, 0.3) is 21.3 Å². The Morgan fingerprint density at radius 1 is 1.28 bits per heavy atom. The first-order valence-corrected chi connectivity index (χ1v) is 13.4. The molecule has 2 aromatic heterocycles. The molecule has 0 N–H and O–H groups in total. The number of rotatable bonds is 6. The maximum Gasteiger partial charge on any atom is 0.263 e. The van der Waals surface area contributed by atoms with Gasteiger partial charge in [-0.3, -0.25) is 14.2 Å². The fourth-order valence-corrected chi connectivity index (χ4v) is 6.77. The molecule has 3 heterocycles. The smallest absolute Gasteiger partial charge is 0.263 e. The van der Waals surface area contributed by atoms with Gasteiger partial charge in [0.05, 0.1) is 23.2 Å². The van der Waals surface area contributed by atoms with Crippen molar-refractivity contribution in [3.05, 3.63) is 51.9 Å². The molecule has 1 fully saturated rings. The average molecular weight is 474 g/mol. The maximum absolute atomic E-state index is 13.3. The third-order valence-electron chi connectivity index (χ3n) is 5.76. The number of carbonyl (C=O) groups excluding carboxylic acids is 1. The van der Waals surface area contributed by atoms with E-state index in [9.17, 15) is 18.0 Å². The summed E-state index contributed by atoms with van der Waals surface area (Å²) in [7, 11) is -3.12. The number of carbonyl (C=O) groups is 1. The Hall–Kier alpha value is -2.52. The number of benzene rings is 1. The molecule has 1 atom stereocenters. The van der Waals surface area contributed by atoms with Crippen LogP contribution in [0.4, 0.5) is 0 Å². The van der Waals surface area contributed by atoms with Crippen LogP contribution in [0.1, 0.15) is 25.8 Å². The first kappa shape index (κ1) is 22.7. The van der Waals surface area contributed by atoms with Crippen molar-refractivity contribution in [3.63, 3.8) is 0 Å². The minimum atomic E-state index is -3.12. The zero-order chi connectivity index (χ0) is 23.0. The molecular formula is C23H27N3O4S2. The zero-order valence-corrected chi connectivity index (χ0v) is 20.1. The second kappa shape index (κ2) is 8.78. The Balaban J connectivity index is 1.66. The predicted octanol–water partition coefficient (Wildman–Crippen LogP) is 3.11. The van der Waals surface area contributed by atoms with Crippen molar-refractivity contribution in [2.24, 2.45) is 5.92 Å². The molecule has 0 bridgehead atoms. The maximum atomic E-state index is 13.3. The Labute approximate surface area is 191 Å². The fourth-order valence-electron chi connectivity index (χ4n) is 4.13. The van der Waals surface area contributed by atoms with Crippen molar-refractivity contribution in [1.82, 2.24) is 14.5 Å². The van der Waals surface area contributed by atoms with Gasteiger partial charge in [0, 0.05) is 23.5 Å². The van der Waals surface area contributed by atoms with E-state index < -0.39 is 9.84 Å². The van der Waals surface area contributed by atoms with Crippen LogP contribution in [0.2, 0.25) is 0 Å². The first-order chi connectivity index (χ1) is 15.1. The van der Waals surface area contributed by atoms with E-state index in [1.807, 2.05) is 50.4 Å². The minimum absolute atomic E-state index is 0.0141. The van der Waals surface area contributed by atoms with Gasteiger partial charge in [-0.2, -0.15) is 0 Å². The summed E-state index contributed by atoms with van der Waals surface area (Å²) < 4.78 is 25.3. The number of fused-ring (bicyclic) bond motifs is 1. The highest BCUT2D eigenvalue weighted by Gasteiger charge is 2.35. The van der Waals surface area contributed by atoms with Gasteiger partial charge in [-0.05, 0) is 24.8 Å². The van der Waals surface area contributed by atoms with E-state index in [0.29, 0.717) is 23.2 Å². The predicted molar refractivity (Wildman–Crippen MR) is 128 cm³/mol. The van der Waals surface area contributed by atoms with Crippen molar-refractivity contribution in [1.29, 1.82) is 0 Å². The Bertz CT molecular complexity index is 1310. The monoisotopic (exact) mass is 473 g/mol. The topological polar surface area (TPSA) is 89.3 Å². The summed E-state index contributed by atoms with van der Waals surface area (Å²) in [5.41, 5.74) is 2.62. The van der Waals surface area contributed by atoms with Crippen molar-refractivity contribution >= 4 is 37.3 Å². The van der Waals surface area contributed by atoms with Gasteiger partial charge in [0.1, 0.15) is 11.4 Å². The van der Waals surface area contributed by atoms with Crippen LogP contribution >= 0.6 is 11.3 Å². The summed E-state index contributed by atoms with van der Waals surface area (Å²) in [5, 5.41) is 2.43. The van der Waals surface area contributed by atoms with Gasteiger partial charge in [0.15, 0.2) is 9.84 Å². The molecule has 0 radical (unpaired) electrons. The summed E-state index contributed by atoms with van der Waals surface area (Å²) in [4.78, 5) is 33.2. The van der Waals surface area contributed by atoms with E-state index in [0.717, 1.165) is 16.7 Å². The first-order valence-electron chi connectivity index (χ1n) is 10.7. The van der Waals surface area contributed by atoms with E-state index in [-0.39, 0.29) is 41.5 Å². The largest absolute Gasteiger partial charge is 0.337 e. The Morgan fingerprint density at radius 2 is 2.00 bits per heavy atom. The van der Waals surface area contributed by atoms with E-state index in [2.05, 4.69) is 4.98 Å². The molecular weight excluding hydrogens is 446 g/mol. The molecule has 32 heavy (non-hydrogen) atoms. The third kappa shape index (κ3) is 4.63. The summed E-state index contributed by atoms with van der Waals surface area (Å²) in [6, 6.07) is 7.60. The van der Waals surface area contributed by atoms with Crippen molar-refractivity contribution in [2.75, 3.05) is 18.1 Å². The van der Waals surface area contributed by atoms with Crippen molar-refractivity contribution in [2.45, 2.75) is 39.8 Å². The standard InChI is InChI=1S/C23H27N3O4S2/c1-15(2)10-26(18-8-9-32(29,30)13-18)20(27)11-25-14-24-22-21(23(25)28)19(12-31-22)17-6-4-16(3)5-7-17/h4-7,12,14-15,18H,8-11,13H2,1-3H3. The van der Waals surface area contributed by atoms with Crippen molar-refractivity contribution in [3.8, 4) is 11.1 Å². The molecule has 1 aromatic carbocycles. The molecule has 7 nitrogen and oxygen atoms in total. The molecule has 3 aromatic rings. The van der Waals surface area contributed by atoms with Crippen LogP contribution in [-0.4, -0.2) is 52.9 Å². The molecule has 9 heteroatoms. The van der Waals surface area contributed by atoms with Gasteiger partial charge in [0.2, 0.25) is 5.91 Å². The SMILES string of the molecule is Cc1ccc(-c2csc3ncn(CC(=O)N(CC(C)C)C4CCS(=O)(=O)C4)c(=O)c23)cc1. The van der Waals surface area contributed by atoms with Crippen LogP contribution in [0.3, 0.4) is 0 Å². The van der Waals surface area contributed by atoms with E-state index >= 15 is 0 Å². The Morgan fingerprint density at radius 3 is 2.62 bits per heavy atom. The Kier molecular flexibility index (Phi) is 6.22. The highest BCUT2D eigenvalue weighted by Crippen LogP contribution is 2.30. The molecule has 1 saturated heterocycles. The molecule has 0 spiro atoms. The lowest BCUT2D eigenvalue weighted by atomic mass is 10.1. The third-order valence-corrected chi connectivity index (χ3v) is 8.40. The number of aryl methyl sites for hydroxylation is 1. The van der Waals surface area contributed by atoms with Crippen LogP contribution in [0.15, 0.2) is 40.8 Å². The zero-order valence-electron chi connectivity index (χ0n) is 18.4. The quantitative estimate of drug-likeness (QED) is 0.549. The number of sulfone groups is 1. The molecule has 1 aliphatic rings. The normalized spacial score (nSPS) is 17.8. The van der Waals surface area contributed by atoms with Crippen molar-refractivity contribution < 1.29 is 13.2 Å². The van der Waals surface area contributed by atoms with Gasteiger partial charge in [-0.15, -0.1) is 11.3 Å². The number of thiophene rings is 1. The highest BCUT2D eigenvalue weighted by atomic mass is 32.2. The van der Waals surface area contributed by atoms with Crippen LogP contribution in [-0.2, 0) is 21.2 Å². The van der Waals surface area contributed by atoms with Gasteiger partial charge in [-0.25, -0.2) is 13.4 Å². The number of nitrogens with zero attached hydrogens (tertiary/aromatic N) is 3. The number of amides is 1. The molecule has 1 amide bonds. The van der Waals surface area contributed by atoms with E-state index in [1.54, 1.807) is 4.90 Å². The molecule has 0 saturated carbocycles. The molecule has 170 valence electrons. The van der Waals surface area contributed by atoms with Gasteiger partial charge in [-0.1, -0.05) is 43.7 Å². The van der Waals surface area contributed by atoms with Gasteiger partial charge in [0.25, 0.3) is 5.56 Å². The summed E-state index contributed by atoms with van der Waals surface area (Å²) >= 11 is 1.40. The fraction of sp³-hybridized carbons (Fsp3) is 0.435. The molecule has 1 unspecified atom stereocenters. The molecule has 1 aliphatic heterocycles. The van der Waals surface area contributed by atoms with Crippen LogP contribution < -0.4 is 5.56 Å². The molecule has 4 rings (SSSR count). The lowest BCUT2D eigenvalue weighted by molar-refractivity contribution is -0.134. The average Bonchev–Trinajstić information content (AvgIpc) is 3.32. The summed E-state index contributed by atoms with van der Waals surface area (Å²) in [6.45, 7) is 6.28. The summed E-state index contributed by atoms with van der Waals surface area (Å²) in [5.74, 6) is 0.0161. The van der Waals surface area contributed by atoms with Crippen LogP contribution in [0.5, 0.6) is 0 Å². The lowest BCUT2D eigenvalue weighted by Crippen LogP contribution is -2.45. The van der Waals surface area contributed by atoms with E-state index in [4.69, 9.17) is 0 Å². The second-order valence-corrected chi connectivity index (χ2v) is 12.0. The van der Waals surface area contributed by atoms with Gasteiger partial charge >= 0.3 is 0 Å². The number of hydrogen-bond acceptors (Lipinski definition) is 6. The van der Waals surface area contributed by atoms with E-state index in [1.165, 1.54) is 22.2 Å². The molecule has 0 aliphatic carbocycles.